The van der Waals surface area contributed by atoms with Crippen LogP contribution in [0.1, 0.15) is 10.4 Å². The van der Waals surface area contributed by atoms with Crippen molar-refractivity contribution in [2.45, 2.75) is 0 Å². The molecule has 1 aromatic carbocycles. The van der Waals surface area contributed by atoms with E-state index in [1.165, 1.54) is 31.5 Å². The van der Waals surface area contributed by atoms with E-state index in [4.69, 9.17) is 11.6 Å². The van der Waals surface area contributed by atoms with Crippen LogP contribution in [0.3, 0.4) is 0 Å². The van der Waals surface area contributed by atoms with Crippen LogP contribution in [0.2, 0.25) is 5.02 Å². The molecule has 0 saturated heterocycles. The number of aromatic nitrogens is 1. The fourth-order valence-electron chi connectivity index (χ4n) is 1.77. The maximum Gasteiger partial charge on any atom is 0.340 e. The number of carbonyl (C=O) groups is 1. The molecule has 0 amide bonds. The van der Waals surface area contributed by atoms with Crippen LogP contribution in [-0.2, 0) is 4.74 Å². The number of carbonyl (C=O) groups excluding carboxylic acids is 1. The summed E-state index contributed by atoms with van der Waals surface area (Å²) in [5, 5.41) is 11.1. The number of para-hydroxylation sites is 1. The molecule has 2 aromatic rings. The second-order valence-corrected chi connectivity index (χ2v) is 4.06. The second kappa shape index (κ2) is 5.11. The number of esters is 1. The topological polar surface area (TPSA) is 85.2 Å². The number of methoxy groups -OCH3 is 1. The van der Waals surface area contributed by atoms with Crippen molar-refractivity contribution in [3.8, 4) is 11.3 Å². The number of nitro benzene ring substituents is 1. The first kappa shape index (κ1) is 13.1. The van der Waals surface area contributed by atoms with Gasteiger partial charge in [-0.05, 0) is 18.2 Å². The highest BCUT2D eigenvalue weighted by molar-refractivity contribution is 6.33. The minimum Gasteiger partial charge on any atom is -0.465 e. The monoisotopic (exact) mass is 280 g/mol. The maximum atomic E-state index is 11.6. The summed E-state index contributed by atoms with van der Waals surface area (Å²) < 4.78 is 4.63. The first-order chi connectivity index (χ1) is 9.06. The smallest absolute Gasteiger partial charge is 0.340 e. The van der Waals surface area contributed by atoms with E-state index in [1.807, 2.05) is 0 Å². The van der Waals surface area contributed by atoms with E-state index in [2.05, 4.69) is 9.72 Å². The molecule has 0 bridgehead atoms. The predicted octanol–water partition coefficient (Wildman–Crippen LogP) is 3.03. The van der Waals surface area contributed by atoms with Gasteiger partial charge in [-0.3, -0.25) is 10.1 Å². The van der Waals surface area contributed by atoms with Gasteiger partial charge in [0.05, 0.1) is 28.9 Å². The number of rotatable bonds is 3. The van der Waals surface area contributed by atoms with Crippen molar-refractivity contribution >= 4 is 23.3 Å². The Bertz CT molecular complexity index is 651. The third kappa shape index (κ3) is 2.30. The molecule has 0 aliphatic heterocycles. The van der Waals surface area contributed by atoms with Gasteiger partial charge in [0.15, 0.2) is 0 Å². The summed E-state index contributed by atoms with van der Waals surface area (Å²) in [5.41, 5.74) is 0.508. The van der Waals surface area contributed by atoms with Crippen LogP contribution in [-0.4, -0.2) is 23.0 Å². The van der Waals surface area contributed by atoms with Crippen molar-refractivity contribution in [3.63, 3.8) is 0 Å². The Morgan fingerprint density at radius 3 is 2.79 bits per heavy atom. The Morgan fingerprint density at radius 1 is 1.42 bits per heavy atom. The Morgan fingerprint density at radius 2 is 2.16 bits per heavy atom. The zero-order chi connectivity index (χ0) is 14.0. The lowest BCUT2D eigenvalue weighted by Crippen LogP contribution is -2.02. The van der Waals surface area contributed by atoms with Gasteiger partial charge in [0, 0.05) is 6.20 Å². The third-order valence-corrected chi connectivity index (χ3v) is 2.90. The van der Waals surface area contributed by atoms with Gasteiger partial charge in [-0.1, -0.05) is 17.7 Å². The Labute approximate surface area is 113 Å². The highest BCUT2D eigenvalue weighted by atomic mass is 35.5. The molecule has 1 aromatic heterocycles. The van der Waals surface area contributed by atoms with Gasteiger partial charge >= 0.3 is 5.97 Å². The molecule has 0 spiro atoms. The summed E-state index contributed by atoms with van der Waals surface area (Å²) in [6.07, 6.45) is 1.51. The second-order valence-electron chi connectivity index (χ2n) is 3.65. The largest absolute Gasteiger partial charge is 0.465 e. The van der Waals surface area contributed by atoms with Crippen LogP contribution in [0.5, 0.6) is 0 Å². The van der Waals surface area contributed by atoms with Crippen LogP contribution in [0.25, 0.3) is 11.3 Å². The minimum absolute atomic E-state index is 0.00733. The van der Waals surface area contributed by atoms with Crippen LogP contribution in [0.4, 0.5) is 5.69 Å². The lowest BCUT2D eigenvalue weighted by molar-refractivity contribution is -0.384. The summed E-state index contributed by atoms with van der Waals surface area (Å²) in [4.78, 5) is 24.9. The van der Waals surface area contributed by atoms with Crippen LogP contribution < -0.4 is 0 Å². The molecule has 0 aliphatic carbocycles. The highest BCUT2D eigenvalue weighted by Crippen LogP contribution is 2.36. The number of H-pyrrole nitrogens is 1. The molecule has 7 heteroatoms. The molecule has 1 heterocycles. The fourth-order valence-corrected chi connectivity index (χ4v) is 2.02. The quantitative estimate of drug-likeness (QED) is 0.532. The SMILES string of the molecule is COC(=O)c1cc[nH]c1-c1cccc(Cl)c1[N+](=O)[O-]. The summed E-state index contributed by atoms with van der Waals surface area (Å²) in [5.74, 6) is -0.578. The molecule has 0 aliphatic rings. The molecule has 1 N–H and O–H groups in total. The van der Waals surface area contributed by atoms with E-state index in [-0.39, 0.29) is 21.8 Å². The first-order valence-corrected chi connectivity index (χ1v) is 5.63. The van der Waals surface area contributed by atoms with E-state index in [0.717, 1.165) is 0 Å². The van der Waals surface area contributed by atoms with Crippen LogP contribution >= 0.6 is 11.6 Å². The lowest BCUT2D eigenvalue weighted by atomic mass is 10.1. The minimum atomic E-state index is -0.584. The fraction of sp³-hybridized carbons (Fsp3) is 0.0833. The molecule has 19 heavy (non-hydrogen) atoms. The van der Waals surface area contributed by atoms with Crippen molar-refractivity contribution < 1.29 is 14.5 Å². The number of nitrogens with one attached hydrogen (secondary N) is 1. The average Bonchev–Trinajstić information content (AvgIpc) is 2.86. The highest BCUT2D eigenvalue weighted by Gasteiger charge is 2.24. The van der Waals surface area contributed by atoms with E-state index >= 15 is 0 Å². The number of ether oxygens (including phenoxy) is 1. The number of hydrogen-bond acceptors (Lipinski definition) is 4. The normalized spacial score (nSPS) is 10.2. The van der Waals surface area contributed by atoms with E-state index in [1.54, 1.807) is 6.07 Å². The Kier molecular flexibility index (Phi) is 3.52. The number of hydrogen-bond donors (Lipinski definition) is 1. The summed E-state index contributed by atoms with van der Waals surface area (Å²) in [7, 11) is 1.24. The van der Waals surface area contributed by atoms with Gasteiger partial charge in [-0.2, -0.15) is 0 Å². The molecule has 0 saturated carbocycles. The number of benzene rings is 1. The molecule has 2 rings (SSSR count). The predicted molar refractivity (Wildman–Crippen MR) is 69.2 cm³/mol. The van der Waals surface area contributed by atoms with Crippen molar-refractivity contribution in [2.75, 3.05) is 7.11 Å². The molecule has 0 unspecified atom stereocenters. The molecular weight excluding hydrogens is 272 g/mol. The Balaban J connectivity index is 2.67. The number of nitrogens with zero attached hydrogens (tertiary/aromatic N) is 1. The van der Waals surface area contributed by atoms with Crippen molar-refractivity contribution in [1.82, 2.24) is 4.98 Å². The van der Waals surface area contributed by atoms with Crippen molar-refractivity contribution in [3.05, 3.63) is 51.2 Å². The number of halogens is 1. The van der Waals surface area contributed by atoms with Gasteiger partial charge < -0.3 is 9.72 Å². The molecule has 0 radical (unpaired) electrons. The lowest BCUT2D eigenvalue weighted by Gasteiger charge is -2.05. The van der Waals surface area contributed by atoms with Gasteiger partial charge in [0.25, 0.3) is 5.69 Å². The van der Waals surface area contributed by atoms with E-state index in [0.29, 0.717) is 5.69 Å². The molecule has 0 atom stereocenters. The first-order valence-electron chi connectivity index (χ1n) is 5.25. The summed E-state index contributed by atoms with van der Waals surface area (Å²) in [6, 6.07) is 6.00. The maximum absolute atomic E-state index is 11.6. The van der Waals surface area contributed by atoms with Gasteiger partial charge in [-0.15, -0.1) is 0 Å². The van der Waals surface area contributed by atoms with Crippen LogP contribution in [0, 0.1) is 10.1 Å². The molecule has 98 valence electrons. The molecule has 0 fully saturated rings. The zero-order valence-corrected chi connectivity index (χ0v) is 10.6. The standard InChI is InChI=1S/C12H9ClN2O4/c1-19-12(16)8-5-6-14-10(8)7-3-2-4-9(13)11(7)15(17)18/h2-6,14H,1H3. The summed E-state index contributed by atoms with van der Waals surface area (Å²) in [6.45, 7) is 0. The molecule has 6 nitrogen and oxygen atoms in total. The summed E-state index contributed by atoms with van der Waals surface area (Å²) >= 11 is 5.84. The average molecular weight is 281 g/mol. The van der Waals surface area contributed by atoms with Crippen molar-refractivity contribution in [2.24, 2.45) is 0 Å². The van der Waals surface area contributed by atoms with Gasteiger partial charge in [0.2, 0.25) is 0 Å². The number of aromatic amines is 1. The van der Waals surface area contributed by atoms with Crippen LogP contribution in [0.15, 0.2) is 30.5 Å². The van der Waals surface area contributed by atoms with E-state index < -0.39 is 10.9 Å². The van der Waals surface area contributed by atoms with E-state index in [9.17, 15) is 14.9 Å². The Hall–Kier alpha value is -2.34. The third-order valence-electron chi connectivity index (χ3n) is 2.59. The van der Waals surface area contributed by atoms with Gasteiger partial charge in [-0.25, -0.2) is 4.79 Å². The van der Waals surface area contributed by atoms with Gasteiger partial charge in [0.1, 0.15) is 5.02 Å². The molecular formula is C12H9ClN2O4. The zero-order valence-electron chi connectivity index (χ0n) is 9.84. The van der Waals surface area contributed by atoms with Crippen molar-refractivity contribution in [1.29, 1.82) is 0 Å². The number of nitro groups is 1.